The summed E-state index contributed by atoms with van der Waals surface area (Å²) in [5, 5.41) is 9.12. The van der Waals surface area contributed by atoms with Gasteiger partial charge >= 0.3 is 0 Å². The second-order valence-corrected chi connectivity index (χ2v) is 4.75. The highest BCUT2D eigenvalue weighted by molar-refractivity contribution is 6.03. The Hall–Kier alpha value is -2.48. The van der Waals surface area contributed by atoms with Crippen LogP contribution in [-0.4, -0.2) is 14.1 Å². The second-order valence-electron chi connectivity index (χ2n) is 4.75. The van der Waals surface area contributed by atoms with Crippen molar-refractivity contribution in [3.05, 3.63) is 60.7 Å². The lowest BCUT2D eigenvalue weighted by molar-refractivity contribution is 1.46. The van der Waals surface area contributed by atoms with Crippen LogP contribution in [0.3, 0.4) is 0 Å². The van der Waals surface area contributed by atoms with Gasteiger partial charge in [-0.15, -0.1) is 0 Å². The molecule has 0 bridgehead atoms. The van der Waals surface area contributed by atoms with Gasteiger partial charge in [0.05, 0.1) is 0 Å². The van der Waals surface area contributed by atoms with Crippen molar-refractivity contribution in [2.24, 2.45) is 0 Å². The fraction of sp³-hybridized carbons (Fsp3) is 0.111. The number of benzene rings is 3. The van der Waals surface area contributed by atoms with Crippen LogP contribution in [0.2, 0.25) is 0 Å². The summed E-state index contributed by atoms with van der Waals surface area (Å²) in [6.45, 7) is 0. The van der Waals surface area contributed by atoms with E-state index < -0.39 is 0 Å². The van der Waals surface area contributed by atoms with Gasteiger partial charge in [0.15, 0.2) is 0 Å². The lowest BCUT2D eigenvalue weighted by Crippen LogP contribution is -1.98. The molecule has 100 valence electrons. The zero-order valence-electron chi connectivity index (χ0n) is 11.8. The quantitative estimate of drug-likeness (QED) is 0.721. The number of hydrogen-bond acceptors (Lipinski definition) is 2. The molecule has 0 aliphatic carbocycles. The molecule has 2 heteroatoms. The lowest BCUT2D eigenvalue weighted by atomic mass is 9.95. The molecule has 3 aromatic carbocycles. The van der Waals surface area contributed by atoms with Crippen molar-refractivity contribution in [1.82, 2.24) is 0 Å². The second kappa shape index (κ2) is 5.25. The summed E-state index contributed by atoms with van der Waals surface area (Å²) >= 11 is 0. The molecule has 3 rings (SSSR count). The standard InChI is InChI=1S/C18H18N2/c1-19-16-11-6-12-17(20-2)18(16)15-10-5-8-13-7-3-4-9-14(13)15/h3-12,19-20H,1-2H3. The number of hydrogen-bond donors (Lipinski definition) is 2. The van der Waals surface area contributed by atoms with Gasteiger partial charge in [0.1, 0.15) is 0 Å². The summed E-state index contributed by atoms with van der Waals surface area (Å²) in [5.74, 6) is 0. The van der Waals surface area contributed by atoms with Crippen molar-refractivity contribution >= 4 is 22.1 Å². The van der Waals surface area contributed by atoms with E-state index in [0.29, 0.717) is 0 Å². The Balaban J connectivity index is 2.36. The van der Waals surface area contributed by atoms with Gasteiger partial charge in [-0.3, -0.25) is 0 Å². The molecule has 2 nitrogen and oxygen atoms in total. The van der Waals surface area contributed by atoms with Crippen LogP contribution in [0, 0.1) is 0 Å². The molecule has 0 saturated heterocycles. The molecule has 20 heavy (non-hydrogen) atoms. The molecule has 0 fully saturated rings. The fourth-order valence-electron chi connectivity index (χ4n) is 2.70. The molecule has 0 aliphatic rings. The largest absolute Gasteiger partial charge is 0.388 e. The normalized spacial score (nSPS) is 10.5. The van der Waals surface area contributed by atoms with Crippen molar-refractivity contribution in [2.45, 2.75) is 0 Å². The first-order chi connectivity index (χ1) is 9.85. The van der Waals surface area contributed by atoms with E-state index in [1.807, 2.05) is 14.1 Å². The summed E-state index contributed by atoms with van der Waals surface area (Å²) < 4.78 is 0. The maximum absolute atomic E-state index is 3.29. The maximum atomic E-state index is 3.29. The highest BCUT2D eigenvalue weighted by Gasteiger charge is 2.11. The van der Waals surface area contributed by atoms with Gasteiger partial charge in [-0.2, -0.15) is 0 Å². The van der Waals surface area contributed by atoms with Gasteiger partial charge < -0.3 is 10.6 Å². The highest BCUT2D eigenvalue weighted by Crippen LogP contribution is 2.38. The van der Waals surface area contributed by atoms with E-state index in [1.54, 1.807) is 0 Å². The van der Waals surface area contributed by atoms with E-state index in [9.17, 15) is 0 Å². The van der Waals surface area contributed by atoms with Crippen LogP contribution in [0.15, 0.2) is 60.7 Å². The van der Waals surface area contributed by atoms with Crippen LogP contribution in [0.4, 0.5) is 11.4 Å². The number of nitrogens with one attached hydrogen (secondary N) is 2. The number of fused-ring (bicyclic) bond motifs is 1. The van der Waals surface area contributed by atoms with Crippen LogP contribution in [0.1, 0.15) is 0 Å². The van der Waals surface area contributed by atoms with E-state index in [0.717, 1.165) is 11.4 Å². The van der Waals surface area contributed by atoms with Gasteiger partial charge in [0.2, 0.25) is 0 Å². The number of anilines is 2. The van der Waals surface area contributed by atoms with E-state index in [4.69, 9.17) is 0 Å². The summed E-state index contributed by atoms with van der Waals surface area (Å²) in [4.78, 5) is 0. The van der Waals surface area contributed by atoms with Crippen molar-refractivity contribution in [2.75, 3.05) is 24.7 Å². The number of rotatable bonds is 3. The minimum Gasteiger partial charge on any atom is -0.388 e. The van der Waals surface area contributed by atoms with Crippen molar-refractivity contribution in [3.8, 4) is 11.1 Å². The first kappa shape index (κ1) is 12.5. The maximum Gasteiger partial charge on any atom is 0.0438 e. The van der Waals surface area contributed by atoms with Crippen molar-refractivity contribution < 1.29 is 0 Å². The average molecular weight is 262 g/mol. The lowest BCUT2D eigenvalue weighted by Gasteiger charge is -2.16. The van der Waals surface area contributed by atoms with Gasteiger partial charge in [-0.1, -0.05) is 48.5 Å². The molecule has 2 N–H and O–H groups in total. The molecule has 0 saturated carbocycles. The predicted octanol–water partition coefficient (Wildman–Crippen LogP) is 4.59. The Bertz CT molecular complexity index is 720. The zero-order valence-corrected chi connectivity index (χ0v) is 11.8. The van der Waals surface area contributed by atoms with Gasteiger partial charge in [-0.25, -0.2) is 0 Å². The van der Waals surface area contributed by atoms with Gasteiger partial charge in [0, 0.05) is 31.0 Å². The fourth-order valence-corrected chi connectivity index (χ4v) is 2.70. The molecule has 0 heterocycles. The average Bonchev–Trinajstić information content (AvgIpc) is 2.53. The Morgan fingerprint density at radius 1 is 0.650 bits per heavy atom. The Morgan fingerprint density at radius 2 is 1.25 bits per heavy atom. The highest BCUT2D eigenvalue weighted by atomic mass is 14.9. The third kappa shape index (κ3) is 1.99. The Labute approximate surface area is 119 Å². The molecule has 0 amide bonds. The van der Waals surface area contributed by atoms with Crippen LogP contribution >= 0.6 is 0 Å². The SMILES string of the molecule is CNc1cccc(NC)c1-c1cccc2ccccc12. The van der Waals surface area contributed by atoms with Gasteiger partial charge in [-0.05, 0) is 28.5 Å². The Kier molecular flexibility index (Phi) is 3.30. The molecule has 3 aromatic rings. The van der Waals surface area contributed by atoms with Crippen LogP contribution in [-0.2, 0) is 0 Å². The summed E-state index contributed by atoms with van der Waals surface area (Å²) in [7, 11) is 3.92. The third-order valence-electron chi connectivity index (χ3n) is 3.66. The van der Waals surface area contributed by atoms with E-state index >= 15 is 0 Å². The molecule has 0 spiro atoms. The zero-order chi connectivity index (χ0) is 13.9. The molecule has 0 aromatic heterocycles. The van der Waals surface area contributed by atoms with Crippen molar-refractivity contribution in [1.29, 1.82) is 0 Å². The topological polar surface area (TPSA) is 24.1 Å². The van der Waals surface area contributed by atoms with Crippen LogP contribution < -0.4 is 10.6 Å². The molecule has 0 atom stereocenters. The van der Waals surface area contributed by atoms with E-state index in [1.165, 1.54) is 21.9 Å². The van der Waals surface area contributed by atoms with Crippen LogP contribution in [0.5, 0.6) is 0 Å². The van der Waals surface area contributed by atoms with E-state index in [2.05, 4.69) is 71.3 Å². The molecular formula is C18H18N2. The minimum absolute atomic E-state index is 1.13. The smallest absolute Gasteiger partial charge is 0.0438 e. The molecule has 0 radical (unpaired) electrons. The van der Waals surface area contributed by atoms with Crippen LogP contribution in [0.25, 0.3) is 21.9 Å². The first-order valence-corrected chi connectivity index (χ1v) is 6.82. The summed E-state index contributed by atoms with van der Waals surface area (Å²) in [6, 6.07) is 21.2. The minimum atomic E-state index is 1.13. The monoisotopic (exact) mass is 262 g/mol. The molecule has 0 unspecified atom stereocenters. The predicted molar refractivity (Wildman–Crippen MR) is 88.5 cm³/mol. The Morgan fingerprint density at radius 3 is 1.95 bits per heavy atom. The molecule has 0 aliphatic heterocycles. The third-order valence-corrected chi connectivity index (χ3v) is 3.66. The molecular weight excluding hydrogens is 244 g/mol. The summed E-state index contributed by atoms with van der Waals surface area (Å²) in [5.41, 5.74) is 4.73. The van der Waals surface area contributed by atoms with Gasteiger partial charge in [0.25, 0.3) is 0 Å². The first-order valence-electron chi connectivity index (χ1n) is 6.82. The van der Waals surface area contributed by atoms with Crippen molar-refractivity contribution in [3.63, 3.8) is 0 Å². The van der Waals surface area contributed by atoms with E-state index in [-0.39, 0.29) is 0 Å². The summed E-state index contributed by atoms with van der Waals surface area (Å²) in [6.07, 6.45) is 0.